The molecule has 7 nitrogen and oxygen atoms in total. The number of aromatic nitrogens is 2. The van der Waals surface area contributed by atoms with Crippen molar-refractivity contribution in [2.24, 2.45) is 0 Å². The normalized spacial score (nSPS) is 24.4. The summed E-state index contributed by atoms with van der Waals surface area (Å²) in [5.74, 6) is -0.410. The van der Waals surface area contributed by atoms with E-state index in [4.69, 9.17) is 0 Å². The second kappa shape index (κ2) is 11.1. The maximum Gasteiger partial charge on any atom is 0.350 e. The summed E-state index contributed by atoms with van der Waals surface area (Å²) in [6.45, 7) is 11.9. The number of amides is 1. The number of halogens is 3. The standard InChI is InChI=1S/C31H34F3N5O2S/c1-5-26(40)38-18(3)12-37(13-19(38)4)30-24-10-17(2)27(23-7-6-20(32)11-25(23)34)29-28(24)39(31(41)35-30)22(16-42-29)15-36-9-8-21(33)14-36/h5-7,10-11,18-19,21-22H,1,8-9,12-16H2,2-4H3/t18-,19+,21?,22?. The second-order valence-electron chi connectivity index (χ2n) is 11.7. The van der Waals surface area contributed by atoms with Crippen LogP contribution >= 0.6 is 11.8 Å². The largest absolute Gasteiger partial charge is 0.352 e. The van der Waals surface area contributed by atoms with E-state index in [1.807, 2.05) is 36.6 Å². The number of carbonyl (C=O) groups excluding carboxylic acids is 1. The van der Waals surface area contributed by atoms with Gasteiger partial charge in [0.05, 0.1) is 11.6 Å². The smallest absolute Gasteiger partial charge is 0.350 e. The minimum Gasteiger partial charge on any atom is -0.352 e. The summed E-state index contributed by atoms with van der Waals surface area (Å²) in [6.07, 6.45) is 0.914. The van der Waals surface area contributed by atoms with E-state index in [9.17, 15) is 18.4 Å². The lowest BCUT2D eigenvalue weighted by Gasteiger charge is -2.45. The number of benzene rings is 2. The van der Waals surface area contributed by atoms with Crippen molar-refractivity contribution in [3.8, 4) is 11.1 Å². The van der Waals surface area contributed by atoms with E-state index >= 15 is 4.39 Å². The number of anilines is 1. The van der Waals surface area contributed by atoms with Crippen LogP contribution in [0.5, 0.6) is 0 Å². The van der Waals surface area contributed by atoms with Gasteiger partial charge in [-0.3, -0.25) is 14.3 Å². The molecule has 0 N–H and O–H groups in total. The van der Waals surface area contributed by atoms with Crippen LogP contribution in [0.1, 0.15) is 31.9 Å². The van der Waals surface area contributed by atoms with Crippen LogP contribution in [0.4, 0.5) is 19.0 Å². The second-order valence-corrected chi connectivity index (χ2v) is 12.7. The maximum absolute atomic E-state index is 15.2. The molecule has 0 spiro atoms. The van der Waals surface area contributed by atoms with Crippen LogP contribution in [-0.4, -0.2) is 82.0 Å². The number of piperazine rings is 1. The molecule has 2 saturated heterocycles. The Morgan fingerprint density at radius 2 is 1.90 bits per heavy atom. The Kier molecular flexibility index (Phi) is 7.59. The Morgan fingerprint density at radius 3 is 2.55 bits per heavy atom. The first-order valence-corrected chi connectivity index (χ1v) is 15.3. The molecule has 2 fully saturated rings. The third-order valence-electron chi connectivity index (χ3n) is 8.66. The molecule has 1 amide bonds. The van der Waals surface area contributed by atoms with Gasteiger partial charge in [0, 0.05) is 78.0 Å². The van der Waals surface area contributed by atoms with Crippen molar-refractivity contribution in [1.82, 2.24) is 19.4 Å². The minimum absolute atomic E-state index is 0.141. The fourth-order valence-corrected chi connectivity index (χ4v) is 8.28. The van der Waals surface area contributed by atoms with Crippen molar-refractivity contribution in [2.45, 2.75) is 56.4 Å². The van der Waals surface area contributed by atoms with Crippen molar-refractivity contribution in [1.29, 1.82) is 0 Å². The zero-order valence-corrected chi connectivity index (χ0v) is 24.8. The molecule has 0 radical (unpaired) electrons. The molecule has 3 aliphatic heterocycles. The first-order valence-electron chi connectivity index (χ1n) is 14.3. The molecule has 222 valence electrons. The van der Waals surface area contributed by atoms with Crippen LogP contribution in [0.25, 0.3) is 22.0 Å². The molecule has 0 aliphatic carbocycles. The summed E-state index contributed by atoms with van der Waals surface area (Å²) >= 11 is 1.54. The molecule has 1 aromatic heterocycles. The van der Waals surface area contributed by atoms with Crippen LogP contribution in [0.2, 0.25) is 0 Å². The number of hydrogen-bond acceptors (Lipinski definition) is 6. The number of carbonyl (C=O) groups is 1. The lowest BCUT2D eigenvalue weighted by atomic mass is 9.96. The molecule has 42 heavy (non-hydrogen) atoms. The van der Waals surface area contributed by atoms with Crippen molar-refractivity contribution in [2.75, 3.05) is 43.4 Å². The lowest BCUT2D eigenvalue weighted by molar-refractivity contribution is -0.130. The summed E-state index contributed by atoms with van der Waals surface area (Å²) in [5, 5.41) is 0.762. The van der Waals surface area contributed by atoms with Crippen LogP contribution < -0.4 is 10.6 Å². The van der Waals surface area contributed by atoms with Crippen LogP contribution in [0, 0.1) is 18.6 Å². The number of thioether (sulfide) groups is 1. The van der Waals surface area contributed by atoms with Gasteiger partial charge in [0.1, 0.15) is 23.6 Å². The predicted octanol–water partition coefficient (Wildman–Crippen LogP) is 4.95. The predicted molar refractivity (Wildman–Crippen MR) is 160 cm³/mol. The average molecular weight is 598 g/mol. The maximum atomic E-state index is 15.2. The Labute approximate surface area is 247 Å². The van der Waals surface area contributed by atoms with Gasteiger partial charge in [-0.25, -0.2) is 18.0 Å². The van der Waals surface area contributed by atoms with Crippen molar-refractivity contribution in [3.05, 3.63) is 64.6 Å². The Hall–Kier alpha value is -3.31. The highest BCUT2D eigenvalue weighted by Crippen LogP contribution is 2.46. The molecule has 0 saturated carbocycles. The third-order valence-corrected chi connectivity index (χ3v) is 9.90. The van der Waals surface area contributed by atoms with Gasteiger partial charge in [-0.2, -0.15) is 4.98 Å². The molecule has 2 aromatic carbocycles. The number of rotatable bonds is 5. The minimum atomic E-state index is -0.878. The van der Waals surface area contributed by atoms with Gasteiger partial charge in [0.15, 0.2) is 0 Å². The highest BCUT2D eigenvalue weighted by atomic mass is 32.2. The molecule has 3 aromatic rings. The summed E-state index contributed by atoms with van der Waals surface area (Å²) in [4.78, 5) is 37.7. The quantitative estimate of drug-likeness (QED) is 0.388. The van der Waals surface area contributed by atoms with Gasteiger partial charge >= 0.3 is 5.69 Å². The van der Waals surface area contributed by atoms with E-state index in [0.717, 1.165) is 21.9 Å². The van der Waals surface area contributed by atoms with Gasteiger partial charge in [0.2, 0.25) is 5.91 Å². The van der Waals surface area contributed by atoms with E-state index in [-0.39, 0.29) is 29.6 Å². The first-order chi connectivity index (χ1) is 20.1. The molecule has 6 rings (SSSR count). The third kappa shape index (κ3) is 4.90. The molecular weight excluding hydrogens is 563 g/mol. The zero-order valence-electron chi connectivity index (χ0n) is 23.9. The van der Waals surface area contributed by atoms with Gasteiger partial charge in [-0.1, -0.05) is 6.58 Å². The highest BCUT2D eigenvalue weighted by Gasteiger charge is 2.36. The Bertz CT molecular complexity index is 1630. The summed E-state index contributed by atoms with van der Waals surface area (Å²) < 4.78 is 44.8. The van der Waals surface area contributed by atoms with Crippen LogP contribution in [-0.2, 0) is 4.79 Å². The van der Waals surface area contributed by atoms with Crippen molar-refractivity contribution >= 4 is 34.4 Å². The van der Waals surface area contributed by atoms with Gasteiger partial charge in [-0.05, 0) is 57.0 Å². The van der Waals surface area contributed by atoms with E-state index in [0.29, 0.717) is 61.8 Å². The molecule has 0 bridgehead atoms. The number of aryl methyl sites for hydroxylation is 1. The first kappa shape index (κ1) is 28.8. The fraction of sp³-hybridized carbons (Fsp3) is 0.452. The Balaban J connectivity index is 1.54. The van der Waals surface area contributed by atoms with E-state index in [2.05, 4.69) is 11.6 Å². The molecule has 4 atom stereocenters. The van der Waals surface area contributed by atoms with Gasteiger partial charge < -0.3 is 9.80 Å². The number of alkyl halides is 1. The van der Waals surface area contributed by atoms with Crippen molar-refractivity contribution in [3.63, 3.8) is 0 Å². The summed E-state index contributed by atoms with van der Waals surface area (Å²) in [7, 11) is 0. The highest BCUT2D eigenvalue weighted by molar-refractivity contribution is 7.99. The topological polar surface area (TPSA) is 61.7 Å². The SMILES string of the molecule is C=CC(=O)N1[C@H](C)CN(c2nc(=O)n3c4c(c(-c5ccc(F)cc5F)c(C)cc24)SCC3CN2CCC(F)C2)C[C@@H]1C. The molecule has 3 aliphatic rings. The van der Waals surface area contributed by atoms with Crippen LogP contribution in [0.3, 0.4) is 0 Å². The molecule has 11 heteroatoms. The zero-order chi connectivity index (χ0) is 29.9. The number of hydrogen-bond donors (Lipinski definition) is 0. The average Bonchev–Trinajstić information content (AvgIpc) is 3.35. The summed E-state index contributed by atoms with van der Waals surface area (Å²) in [6, 6.07) is 4.94. The number of nitrogens with zero attached hydrogens (tertiary/aromatic N) is 5. The fourth-order valence-electron chi connectivity index (χ4n) is 6.91. The van der Waals surface area contributed by atoms with E-state index in [1.165, 1.54) is 18.2 Å². The molecule has 4 heterocycles. The van der Waals surface area contributed by atoms with E-state index < -0.39 is 23.5 Å². The number of likely N-dealkylation sites (tertiary alicyclic amines) is 1. The monoisotopic (exact) mass is 597 g/mol. The van der Waals surface area contributed by atoms with E-state index in [1.54, 1.807) is 21.2 Å². The van der Waals surface area contributed by atoms with Crippen molar-refractivity contribution < 1.29 is 18.0 Å². The molecule has 2 unspecified atom stereocenters. The van der Waals surface area contributed by atoms with Gasteiger partial charge in [-0.15, -0.1) is 11.8 Å². The summed E-state index contributed by atoms with van der Waals surface area (Å²) in [5.41, 5.74) is 1.92. The van der Waals surface area contributed by atoms with Crippen LogP contribution in [0.15, 0.2) is 46.6 Å². The Morgan fingerprint density at radius 1 is 1.17 bits per heavy atom. The molecular formula is C31H34F3N5O2S. The van der Waals surface area contributed by atoms with Gasteiger partial charge in [0.25, 0.3) is 0 Å². The lowest BCUT2D eigenvalue weighted by Crippen LogP contribution is -2.58.